The number of nitrogens with one attached hydrogen (secondary N) is 1. The van der Waals surface area contributed by atoms with Gasteiger partial charge in [-0.3, -0.25) is 4.98 Å². The van der Waals surface area contributed by atoms with E-state index in [1.807, 2.05) is 36.8 Å². The third-order valence-corrected chi connectivity index (χ3v) is 4.52. The fraction of sp³-hybridized carbons (Fsp3) is 0.167. The molecule has 3 heterocycles. The first-order valence-electron chi connectivity index (χ1n) is 7.83. The Bertz CT molecular complexity index is 927. The minimum Gasteiger partial charge on any atom is -0.384 e. The van der Waals surface area contributed by atoms with Crippen LogP contribution < -0.4 is 11.1 Å². The van der Waals surface area contributed by atoms with Crippen LogP contribution in [0.1, 0.15) is 24.0 Å². The third-order valence-electron chi connectivity index (χ3n) is 4.52. The summed E-state index contributed by atoms with van der Waals surface area (Å²) < 4.78 is 1.80. The van der Waals surface area contributed by atoms with Crippen molar-refractivity contribution in [2.75, 3.05) is 0 Å². The summed E-state index contributed by atoms with van der Waals surface area (Å²) in [6.45, 7) is 2.14. The van der Waals surface area contributed by atoms with Crippen molar-refractivity contribution in [1.29, 1.82) is 0 Å². The molecule has 1 aliphatic heterocycles. The largest absolute Gasteiger partial charge is 0.384 e. The number of aromatic nitrogens is 3. The van der Waals surface area contributed by atoms with Crippen LogP contribution in [0.3, 0.4) is 0 Å². The fourth-order valence-electron chi connectivity index (χ4n) is 3.23. The van der Waals surface area contributed by atoms with Crippen LogP contribution in [0.2, 0.25) is 0 Å². The molecule has 0 spiro atoms. The molecule has 2 aromatic heterocycles. The Morgan fingerprint density at radius 2 is 2.04 bits per heavy atom. The minimum atomic E-state index is -0.731. The first kappa shape index (κ1) is 14.4. The quantitative estimate of drug-likeness (QED) is 0.775. The minimum absolute atomic E-state index is 0.0374. The van der Waals surface area contributed by atoms with Gasteiger partial charge in [-0.1, -0.05) is 37.3 Å². The van der Waals surface area contributed by atoms with Gasteiger partial charge < -0.3 is 11.1 Å². The van der Waals surface area contributed by atoms with Gasteiger partial charge in [0.1, 0.15) is 5.84 Å². The number of amidine groups is 1. The molecule has 120 valence electrons. The molecular weight excluding hydrogens is 300 g/mol. The zero-order valence-electron chi connectivity index (χ0n) is 13.3. The molecule has 1 aliphatic rings. The highest BCUT2D eigenvalue weighted by Gasteiger charge is 2.41. The van der Waals surface area contributed by atoms with Gasteiger partial charge in [-0.25, -0.2) is 9.51 Å². The van der Waals surface area contributed by atoms with Crippen molar-refractivity contribution in [3.63, 3.8) is 0 Å². The molecule has 1 aromatic carbocycles. The third kappa shape index (κ3) is 2.15. The second kappa shape index (κ2) is 5.49. The van der Waals surface area contributed by atoms with Gasteiger partial charge in [-0.15, -0.1) is 0 Å². The second-order valence-electron chi connectivity index (χ2n) is 5.88. The molecule has 6 heteroatoms. The normalized spacial score (nSPS) is 21.3. The van der Waals surface area contributed by atoms with Gasteiger partial charge in [-0.2, -0.15) is 5.10 Å². The first-order valence-corrected chi connectivity index (χ1v) is 7.83. The van der Waals surface area contributed by atoms with Crippen molar-refractivity contribution in [1.82, 2.24) is 19.9 Å². The molecule has 4 rings (SSSR count). The predicted octanol–water partition coefficient (Wildman–Crippen LogP) is 2.16. The van der Waals surface area contributed by atoms with Crippen LogP contribution in [-0.4, -0.2) is 20.4 Å². The van der Waals surface area contributed by atoms with Crippen molar-refractivity contribution in [3.05, 3.63) is 78.5 Å². The smallest absolute Gasteiger partial charge is 0.167 e. The van der Waals surface area contributed by atoms with Gasteiger partial charge in [0.25, 0.3) is 0 Å². The highest BCUT2D eigenvalue weighted by Crippen LogP contribution is 2.40. The summed E-state index contributed by atoms with van der Waals surface area (Å²) in [7, 11) is 0. The molecule has 24 heavy (non-hydrogen) atoms. The monoisotopic (exact) mass is 318 g/mol. The summed E-state index contributed by atoms with van der Waals surface area (Å²) in [5.74, 6) is 0.523. The molecule has 6 nitrogen and oxygen atoms in total. The summed E-state index contributed by atoms with van der Waals surface area (Å²) in [5.41, 5.74) is 8.34. The Morgan fingerprint density at radius 3 is 2.83 bits per heavy atom. The van der Waals surface area contributed by atoms with E-state index in [-0.39, 0.29) is 5.92 Å². The molecular formula is C18H18N6. The lowest BCUT2D eigenvalue weighted by Crippen LogP contribution is -2.45. The average molecular weight is 318 g/mol. The Hall–Kier alpha value is -3.15. The number of nitrogens with zero attached hydrogens (tertiary/aromatic N) is 4. The summed E-state index contributed by atoms with van der Waals surface area (Å²) in [4.78, 5) is 9.03. The molecule has 0 bridgehead atoms. The fourth-order valence-corrected chi connectivity index (χ4v) is 3.23. The van der Waals surface area contributed by atoms with E-state index in [0.29, 0.717) is 5.84 Å². The van der Waals surface area contributed by atoms with Crippen LogP contribution in [0, 0.1) is 0 Å². The van der Waals surface area contributed by atoms with Crippen molar-refractivity contribution in [2.24, 2.45) is 10.7 Å². The molecule has 0 aliphatic carbocycles. The van der Waals surface area contributed by atoms with Gasteiger partial charge >= 0.3 is 0 Å². The number of hydrogen-bond donors (Lipinski definition) is 2. The average Bonchev–Trinajstić information content (AvgIpc) is 3.06. The molecule has 2 unspecified atom stereocenters. The van der Waals surface area contributed by atoms with Crippen molar-refractivity contribution in [2.45, 2.75) is 18.5 Å². The maximum absolute atomic E-state index is 6.06. The summed E-state index contributed by atoms with van der Waals surface area (Å²) in [6, 6.07) is 10.3. The number of benzene rings is 1. The number of rotatable bonds is 3. The SMILES string of the molecule is CC(c1ccccc1)C1(c2cnn3ccncc23)N=C(N)C=CN1. The van der Waals surface area contributed by atoms with Crippen LogP contribution in [0.5, 0.6) is 0 Å². The van der Waals surface area contributed by atoms with Gasteiger partial charge in [0.05, 0.1) is 17.9 Å². The number of aliphatic imine (C=N–C) groups is 1. The summed E-state index contributed by atoms with van der Waals surface area (Å²) in [6.07, 6.45) is 10.8. The predicted molar refractivity (Wildman–Crippen MR) is 93.4 cm³/mol. The van der Waals surface area contributed by atoms with E-state index >= 15 is 0 Å². The lowest BCUT2D eigenvalue weighted by molar-refractivity contribution is 0.331. The molecule has 0 amide bonds. The van der Waals surface area contributed by atoms with E-state index in [1.165, 1.54) is 5.56 Å². The van der Waals surface area contributed by atoms with Crippen molar-refractivity contribution < 1.29 is 0 Å². The molecule has 3 N–H and O–H groups in total. The van der Waals surface area contributed by atoms with Crippen LogP contribution >= 0.6 is 0 Å². The number of fused-ring (bicyclic) bond motifs is 1. The zero-order valence-corrected chi connectivity index (χ0v) is 13.3. The van der Waals surface area contributed by atoms with Gasteiger partial charge in [0.2, 0.25) is 0 Å². The van der Waals surface area contributed by atoms with Crippen molar-refractivity contribution >= 4 is 11.4 Å². The zero-order chi connectivity index (χ0) is 16.6. The Labute approximate surface area is 139 Å². The number of hydrogen-bond acceptors (Lipinski definition) is 5. The summed E-state index contributed by atoms with van der Waals surface area (Å²) >= 11 is 0. The second-order valence-corrected chi connectivity index (χ2v) is 5.88. The highest BCUT2D eigenvalue weighted by atomic mass is 15.2. The number of nitrogens with two attached hydrogens (primary N) is 1. The first-order chi connectivity index (χ1) is 11.7. The molecule has 0 radical (unpaired) electrons. The molecule has 0 saturated carbocycles. The van der Waals surface area contributed by atoms with E-state index in [9.17, 15) is 0 Å². The van der Waals surface area contributed by atoms with Crippen LogP contribution in [0.4, 0.5) is 0 Å². The summed E-state index contributed by atoms with van der Waals surface area (Å²) in [5, 5.41) is 7.87. The van der Waals surface area contributed by atoms with E-state index in [4.69, 9.17) is 10.7 Å². The van der Waals surface area contributed by atoms with E-state index in [1.54, 1.807) is 23.0 Å². The molecule has 0 saturated heterocycles. The molecule has 2 atom stereocenters. The maximum Gasteiger partial charge on any atom is 0.167 e. The Kier molecular flexibility index (Phi) is 3.30. The molecule has 3 aromatic rings. The topological polar surface area (TPSA) is 80.6 Å². The van der Waals surface area contributed by atoms with Gasteiger partial charge in [-0.05, 0) is 11.6 Å². The van der Waals surface area contributed by atoms with Crippen molar-refractivity contribution in [3.8, 4) is 0 Å². The van der Waals surface area contributed by atoms with E-state index in [2.05, 4.69) is 34.5 Å². The van der Waals surface area contributed by atoms with Crippen LogP contribution in [-0.2, 0) is 5.66 Å². The van der Waals surface area contributed by atoms with E-state index < -0.39 is 5.66 Å². The lowest BCUT2D eigenvalue weighted by atomic mass is 9.82. The molecule has 0 fully saturated rings. The van der Waals surface area contributed by atoms with Crippen LogP contribution in [0.25, 0.3) is 5.52 Å². The van der Waals surface area contributed by atoms with Crippen LogP contribution in [0.15, 0.2) is 72.4 Å². The lowest BCUT2D eigenvalue weighted by Gasteiger charge is -2.38. The standard InChI is InChI=1S/C18H18N6/c1-13(14-5-3-2-4-6-14)18(21-8-7-17(19)23-18)15-11-22-24-10-9-20-12-16(15)24/h2-13,21H,1H3,(H2,19,23). The van der Waals surface area contributed by atoms with Gasteiger partial charge in [0.15, 0.2) is 5.66 Å². The Morgan fingerprint density at radius 1 is 1.21 bits per heavy atom. The van der Waals surface area contributed by atoms with E-state index in [0.717, 1.165) is 11.1 Å². The maximum atomic E-state index is 6.06. The van der Waals surface area contributed by atoms with Gasteiger partial charge in [0, 0.05) is 30.1 Å². The highest BCUT2D eigenvalue weighted by molar-refractivity contribution is 5.92. The Balaban J connectivity index is 1.94.